The molecule has 8 aromatic carbocycles. The van der Waals surface area contributed by atoms with Crippen LogP contribution in [0.2, 0.25) is 13.1 Å². The molecule has 8 aromatic rings. The highest BCUT2D eigenvalue weighted by Crippen LogP contribution is 2.50. The van der Waals surface area contributed by atoms with E-state index >= 15 is 0 Å². The van der Waals surface area contributed by atoms with Crippen molar-refractivity contribution < 1.29 is 0 Å². The predicted molar refractivity (Wildman–Crippen MR) is 247 cm³/mol. The Hall–Kier alpha value is -6.54. The van der Waals surface area contributed by atoms with Crippen molar-refractivity contribution in [2.24, 2.45) is 0 Å². The van der Waals surface area contributed by atoms with E-state index in [0.717, 1.165) is 6.42 Å². The first-order valence-corrected chi connectivity index (χ1v) is 23.3. The Kier molecular flexibility index (Phi) is 7.88. The van der Waals surface area contributed by atoms with Crippen LogP contribution in [0.15, 0.2) is 205 Å². The highest BCUT2D eigenvalue weighted by molar-refractivity contribution is 7.00. The average molecular weight is 743 g/mol. The molecule has 0 radical (unpaired) electrons. The van der Waals surface area contributed by atoms with Gasteiger partial charge in [-0.15, -0.1) is 0 Å². The zero-order valence-electron chi connectivity index (χ0n) is 32.3. The Balaban J connectivity index is 1.04. The molecule has 0 saturated heterocycles. The second-order valence-electron chi connectivity index (χ2n) is 16.3. The summed E-state index contributed by atoms with van der Waals surface area (Å²) in [5, 5.41) is 8.11. The standard InChI is InChI=1S/C56H42Si/c1-57(2,52-35-28-42-25-32-48-45(38-16-8-4-9-17-38)31-24-41-26-34-50(52)56(42)55(41)48)44-29-22-40(23-30-44)54-47-21-13-12-20-46(47)53(39-18-10-5-11-19-39)49-33-27-43(36-51(49)54)37-14-6-3-7-15-37/h3-24,26-36,55H,25H2,1-2H3. The molecular formula is C56H42Si. The molecule has 0 fully saturated rings. The van der Waals surface area contributed by atoms with Gasteiger partial charge in [0.2, 0.25) is 0 Å². The molecule has 0 heterocycles. The summed E-state index contributed by atoms with van der Waals surface area (Å²) in [5.74, 6) is 0.294. The van der Waals surface area contributed by atoms with Gasteiger partial charge in [0.05, 0.1) is 0 Å². The first-order valence-electron chi connectivity index (χ1n) is 20.3. The smallest absolute Gasteiger partial charge is 0.0753 e. The van der Waals surface area contributed by atoms with Crippen LogP contribution in [0.4, 0.5) is 0 Å². The molecule has 57 heavy (non-hydrogen) atoms. The van der Waals surface area contributed by atoms with Crippen LogP contribution in [0.25, 0.3) is 66.6 Å². The normalized spacial score (nSPS) is 15.5. The molecule has 11 rings (SSSR count). The molecule has 1 heteroatoms. The number of hydrogen-bond donors (Lipinski definition) is 0. The fourth-order valence-corrected chi connectivity index (χ4v) is 12.7. The predicted octanol–water partition coefficient (Wildman–Crippen LogP) is 13.4. The maximum Gasteiger partial charge on any atom is 0.113 e. The Morgan fingerprint density at radius 1 is 0.474 bits per heavy atom. The van der Waals surface area contributed by atoms with Gasteiger partial charge in [-0.05, 0) is 112 Å². The highest BCUT2D eigenvalue weighted by atomic mass is 28.3. The molecule has 0 aromatic heterocycles. The van der Waals surface area contributed by atoms with Crippen LogP contribution in [-0.2, 0) is 6.42 Å². The third-order valence-corrected chi connectivity index (χ3v) is 16.5. The van der Waals surface area contributed by atoms with E-state index in [1.54, 1.807) is 0 Å². The van der Waals surface area contributed by atoms with Crippen LogP contribution in [0, 0.1) is 0 Å². The minimum Gasteiger partial charge on any atom is -0.0753 e. The second kappa shape index (κ2) is 13.3. The summed E-state index contributed by atoms with van der Waals surface area (Å²) in [6.07, 6.45) is 13.0. The van der Waals surface area contributed by atoms with Crippen LogP contribution in [0.3, 0.4) is 0 Å². The van der Waals surface area contributed by atoms with E-state index in [1.165, 1.54) is 104 Å². The van der Waals surface area contributed by atoms with E-state index in [9.17, 15) is 0 Å². The summed E-state index contributed by atoms with van der Waals surface area (Å²) < 4.78 is 0. The van der Waals surface area contributed by atoms with E-state index in [4.69, 9.17) is 0 Å². The van der Waals surface area contributed by atoms with Crippen LogP contribution in [-0.4, -0.2) is 8.07 Å². The van der Waals surface area contributed by atoms with E-state index in [0.29, 0.717) is 5.92 Å². The Labute approximate surface area is 336 Å². The van der Waals surface area contributed by atoms with Gasteiger partial charge in [0, 0.05) is 5.92 Å². The van der Waals surface area contributed by atoms with Crippen molar-refractivity contribution >= 4 is 51.6 Å². The van der Waals surface area contributed by atoms with Gasteiger partial charge in [-0.2, -0.15) is 0 Å². The maximum atomic E-state index is 2.54. The number of fused-ring (bicyclic) bond motifs is 2. The van der Waals surface area contributed by atoms with Crippen LogP contribution in [0.5, 0.6) is 0 Å². The lowest BCUT2D eigenvalue weighted by Gasteiger charge is -2.38. The van der Waals surface area contributed by atoms with Gasteiger partial charge in [-0.1, -0.05) is 212 Å². The minimum absolute atomic E-state index is 0.294. The molecule has 0 spiro atoms. The van der Waals surface area contributed by atoms with Gasteiger partial charge in [0.15, 0.2) is 0 Å². The fraction of sp³-hybridized carbons (Fsp3) is 0.0714. The Morgan fingerprint density at radius 2 is 1.05 bits per heavy atom. The lowest BCUT2D eigenvalue weighted by molar-refractivity contribution is 0.900. The molecule has 270 valence electrons. The monoisotopic (exact) mass is 742 g/mol. The van der Waals surface area contributed by atoms with E-state index in [-0.39, 0.29) is 0 Å². The summed E-state index contributed by atoms with van der Waals surface area (Å²) in [7, 11) is -2.14. The lowest BCUT2D eigenvalue weighted by Crippen LogP contribution is -2.54. The molecule has 0 nitrogen and oxygen atoms in total. The zero-order valence-corrected chi connectivity index (χ0v) is 33.3. The van der Waals surface area contributed by atoms with E-state index < -0.39 is 8.07 Å². The summed E-state index contributed by atoms with van der Waals surface area (Å²) in [6, 6.07) is 63.3. The van der Waals surface area contributed by atoms with Crippen molar-refractivity contribution in [2.45, 2.75) is 25.4 Å². The second-order valence-corrected chi connectivity index (χ2v) is 20.7. The lowest BCUT2D eigenvalue weighted by atomic mass is 9.68. The molecule has 0 N–H and O–H groups in total. The summed E-state index contributed by atoms with van der Waals surface area (Å²) in [4.78, 5) is 0. The third-order valence-electron chi connectivity index (χ3n) is 12.9. The van der Waals surface area contributed by atoms with Gasteiger partial charge in [-0.25, -0.2) is 0 Å². The first kappa shape index (κ1) is 33.8. The van der Waals surface area contributed by atoms with E-state index in [2.05, 4.69) is 213 Å². The van der Waals surface area contributed by atoms with Gasteiger partial charge in [0.25, 0.3) is 0 Å². The van der Waals surface area contributed by atoms with Crippen LogP contribution < -0.4 is 10.4 Å². The van der Waals surface area contributed by atoms with Gasteiger partial charge in [-0.3, -0.25) is 0 Å². The van der Waals surface area contributed by atoms with Crippen molar-refractivity contribution in [1.82, 2.24) is 0 Å². The third kappa shape index (κ3) is 5.41. The zero-order chi connectivity index (χ0) is 38.1. The molecule has 3 aliphatic rings. The molecule has 0 saturated carbocycles. The Morgan fingerprint density at radius 3 is 1.75 bits per heavy atom. The summed E-state index contributed by atoms with van der Waals surface area (Å²) in [5.41, 5.74) is 17.6. The van der Waals surface area contributed by atoms with Crippen LogP contribution >= 0.6 is 0 Å². The topological polar surface area (TPSA) is 0 Å². The first-order chi connectivity index (χ1) is 28.0. The number of hydrogen-bond acceptors (Lipinski definition) is 0. The molecule has 1 atom stereocenters. The maximum absolute atomic E-state index is 2.54. The fourth-order valence-electron chi connectivity index (χ4n) is 10.0. The van der Waals surface area contributed by atoms with Gasteiger partial charge >= 0.3 is 0 Å². The molecule has 1 unspecified atom stereocenters. The van der Waals surface area contributed by atoms with Crippen molar-refractivity contribution in [3.63, 3.8) is 0 Å². The van der Waals surface area contributed by atoms with Gasteiger partial charge in [0.1, 0.15) is 8.07 Å². The summed E-state index contributed by atoms with van der Waals surface area (Å²) in [6.45, 7) is 5.08. The molecule has 0 amide bonds. The quantitative estimate of drug-likeness (QED) is 0.118. The molecule has 0 aliphatic heterocycles. The van der Waals surface area contributed by atoms with Crippen molar-refractivity contribution in [2.75, 3.05) is 0 Å². The van der Waals surface area contributed by atoms with Crippen molar-refractivity contribution in [1.29, 1.82) is 0 Å². The largest absolute Gasteiger partial charge is 0.113 e. The number of allylic oxidation sites excluding steroid dienone is 7. The average Bonchev–Trinajstić information content (AvgIpc) is 3.28. The molecule has 3 aliphatic carbocycles. The Bertz CT molecular complexity index is 3010. The molecular weight excluding hydrogens is 701 g/mol. The van der Waals surface area contributed by atoms with Crippen LogP contribution in [0.1, 0.15) is 28.2 Å². The number of benzene rings is 8. The summed E-state index contributed by atoms with van der Waals surface area (Å²) >= 11 is 0. The SMILES string of the molecule is C[Si](C)(c1ccc(-c2c3ccccc3c(-c3ccccc3)c3ccc(-c4ccccc4)cc23)cc1)c1ccc2c3c1C=CC1=CC=C(c4ccccc4)C(=CC2)C13. The van der Waals surface area contributed by atoms with Gasteiger partial charge < -0.3 is 0 Å². The van der Waals surface area contributed by atoms with Crippen molar-refractivity contribution in [3.8, 4) is 33.4 Å². The molecule has 0 bridgehead atoms. The number of rotatable bonds is 6. The highest BCUT2D eigenvalue weighted by Gasteiger charge is 2.37. The van der Waals surface area contributed by atoms with Crippen molar-refractivity contribution in [3.05, 3.63) is 228 Å². The van der Waals surface area contributed by atoms with E-state index in [1.807, 2.05) is 0 Å². The minimum atomic E-state index is -2.14.